The fourth-order valence-electron chi connectivity index (χ4n) is 2.60. The van der Waals surface area contributed by atoms with Gasteiger partial charge < -0.3 is 14.8 Å². The summed E-state index contributed by atoms with van der Waals surface area (Å²) in [4.78, 5) is 12.7. The van der Waals surface area contributed by atoms with Crippen LogP contribution in [-0.4, -0.2) is 45.9 Å². The number of rotatable bonds is 9. The van der Waals surface area contributed by atoms with Gasteiger partial charge in [-0.15, -0.1) is 0 Å². The van der Waals surface area contributed by atoms with Gasteiger partial charge in [-0.3, -0.25) is 4.79 Å². The number of benzene rings is 2. The van der Waals surface area contributed by atoms with E-state index >= 15 is 0 Å². The van der Waals surface area contributed by atoms with Crippen LogP contribution >= 0.6 is 23.2 Å². The molecule has 7 nitrogen and oxygen atoms in total. The van der Waals surface area contributed by atoms with E-state index in [1.54, 1.807) is 0 Å². The van der Waals surface area contributed by atoms with Crippen molar-refractivity contribution in [3.63, 3.8) is 0 Å². The average Bonchev–Trinajstić information content (AvgIpc) is 2.68. The van der Waals surface area contributed by atoms with Crippen molar-refractivity contribution in [2.24, 2.45) is 0 Å². The molecule has 0 aliphatic heterocycles. The van der Waals surface area contributed by atoms with Gasteiger partial charge in [-0.1, -0.05) is 30.1 Å². The summed E-state index contributed by atoms with van der Waals surface area (Å²) in [6, 6.07) is 8.81. The summed E-state index contributed by atoms with van der Waals surface area (Å²) < 4.78 is 37.4. The number of sulfonamides is 1. The van der Waals surface area contributed by atoms with Crippen molar-refractivity contribution in [3.05, 3.63) is 46.4 Å². The summed E-state index contributed by atoms with van der Waals surface area (Å²) in [6.45, 7) is 1.64. The van der Waals surface area contributed by atoms with Crippen molar-refractivity contribution < 1.29 is 22.7 Å². The van der Waals surface area contributed by atoms with E-state index in [2.05, 4.69) is 5.32 Å². The first kappa shape index (κ1) is 23.3. The molecule has 0 heterocycles. The molecule has 2 rings (SSSR count). The van der Waals surface area contributed by atoms with Gasteiger partial charge in [0.2, 0.25) is 15.9 Å². The number of hydrogen-bond donors (Lipinski definition) is 1. The van der Waals surface area contributed by atoms with E-state index in [4.69, 9.17) is 32.7 Å². The summed E-state index contributed by atoms with van der Waals surface area (Å²) >= 11 is 11.9. The van der Waals surface area contributed by atoms with Crippen molar-refractivity contribution in [2.75, 3.05) is 32.6 Å². The highest BCUT2D eigenvalue weighted by molar-refractivity contribution is 7.89. The first-order valence-electron chi connectivity index (χ1n) is 8.70. The predicted molar refractivity (Wildman–Crippen MR) is 114 cm³/mol. The number of methoxy groups -OCH3 is 2. The standard InChI is InChI=1S/C19H22Cl2N2O5S/c1-4-9-23(29(25,26)14-7-5-13(20)6-8-14)12-19(24)22-16-11-17(27-2)15(21)10-18(16)28-3/h5-8,10-11H,4,9,12H2,1-3H3,(H,22,24). The van der Waals surface area contributed by atoms with Crippen LogP contribution in [0, 0.1) is 0 Å². The zero-order chi connectivity index (χ0) is 21.6. The Morgan fingerprint density at radius 1 is 1.07 bits per heavy atom. The minimum Gasteiger partial charge on any atom is -0.495 e. The second-order valence-electron chi connectivity index (χ2n) is 6.03. The second-order valence-corrected chi connectivity index (χ2v) is 8.81. The second kappa shape index (κ2) is 10.2. The van der Waals surface area contributed by atoms with Crippen molar-refractivity contribution in [1.82, 2.24) is 4.31 Å². The lowest BCUT2D eigenvalue weighted by molar-refractivity contribution is -0.116. The molecule has 2 aromatic carbocycles. The Labute approximate surface area is 180 Å². The van der Waals surface area contributed by atoms with Gasteiger partial charge >= 0.3 is 0 Å². The molecule has 1 N–H and O–H groups in total. The van der Waals surface area contributed by atoms with Gasteiger partial charge in [-0.05, 0) is 30.7 Å². The Hall–Kier alpha value is -2.00. The number of hydrogen-bond acceptors (Lipinski definition) is 5. The van der Waals surface area contributed by atoms with Crippen LogP contribution in [-0.2, 0) is 14.8 Å². The number of nitrogens with zero attached hydrogens (tertiary/aromatic N) is 1. The van der Waals surface area contributed by atoms with E-state index < -0.39 is 15.9 Å². The van der Waals surface area contributed by atoms with E-state index in [9.17, 15) is 13.2 Å². The molecule has 0 radical (unpaired) electrons. The van der Waals surface area contributed by atoms with Crippen LogP contribution in [0.2, 0.25) is 10.0 Å². The molecule has 0 fully saturated rings. The van der Waals surface area contributed by atoms with Crippen LogP contribution in [0.15, 0.2) is 41.3 Å². The molecule has 0 atom stereocenters. The fraction of sp³-hybridized carbons (Fsp3) is 0.316. The van der Waals surface area contributed by atoms with Crippen LogP contribution in [0.3, 0.4) is 0 Å². The SMILES string of the molecule is CCCN(CC(=O)Nc1cc(OC)c(Cl)cc1OC)S(=O)(=O)c1ccc(Cl)cc1. The first-order valence-corrected chi connectivity index (χ1v) is 10.9. The van der Waals surface area contributed by atoms with Crippen molar-refractivity contribution in [3.8, 4) is 11.5 Å². The van der Waals surface area contributed by atoms with Gasteiger partial charge in [-0.25, -0.2) is 8.42 Å². The number of anilines is 1. The van der Waals surface area contributed by atoms with Crippen LogP contribution in [0.25, 0.3) is 0 Å². The molecule has 0 saturated heterocycles. The van der Waals surface area contributed by atoms with Crippen molar-refractivity contribution in [1.29, 1.82) is 0 Å². The van der Waals surface area contributed by atoms with E-state index in [1.165, 1.54) is 50.6 Å². The molecule has 0 spiro atoms. The lowest BCUT2D eigenvalue weighted by Crippen LogP contribution is -2.38. The number of carbonyl (C=O) groups excluding carboxylic acids is 1. The number of halogens is 2. The highest BCUT2D eigenvalue weighted by atomic mass is 35.5. The van der Waals surface area contributed by atoms with Gasteiger partial charge in [0.25, 0.3) is 0 Å². The molecule has 10 heteroatoms. The van der Waals surface area contributed by atoms with E-state index in [1.807, 2.05) is 6.92 Å². The van der Waals surface area contributed by atoms with Gasteiger partial charge in [0, 0.05) is 23.7 Å². The van der Waals surface area contributed by atoms with Crippen molar-refractivity contribution in [2.45, 2.75) is 18.2 Å². The van der Waals surface area contributed by atoms with Crippen LogP contribution < -0.4 is 14.8 Å². The molecule has 1 amide bonds. The molecule has 0 aliphatic carbocycles. The maximum atomic E-state index is 12.9. The van der Waals surface area contributed by atoms with Gasteiger partial charge in [0.05, 0.1) is 36.4 Å². The first-order chi connectivity index (χ1) is 13.7. The summed E-state index contributed by atoms with van der Waals surface area (Å²) in [5, 5.41) is 3.40. The molecular formula is C19H22Cl2N2O5S. The van der Waals surface area contributed by atoms with E-state index in [-0.39, 0.29) is 18.0 Å². The maximum Gasteiger partial charge on any atom is 0.243 e. The minimum atomic E-state index is -3.87. The quantitative estimate of drug-likeness (QED) is 0.609. The Balaban J connectivity index is 2.25. The Kier molecular flexibility index (Phi) is 8.15. The molecule has 0 bridgehead atoms. The molecule has 0 aromatic heterocycles. The Morgan fingerprint density at radius 3 is 2.24 bits per heavy atom. The topological polar surface area (TPSA) is 84.9 Å². The lowest BCUT2D eigenvalue weighted by atomic mass is 10.2. The summed E-state index contributed by atoms with van der Waals surface area (Å²) in [6.07, 6.45) is 0.540. The number of amides is 1. The van der Waals surface area contributed by atoms with Gasteiger partial charge in [0.15, 0.2) is 0 Å². The average molecular weight is 461 g/mol. The molecular weight excluding hydrogens is 439 g/mol. The molecule has 0 saturated carbocycles. The molecule has 158 valence electrons. The summed E-state index contributed by atoms with van der Waals surface area (Å²) in [5.41, 5.74) is 0.319. The number of nitrogens with one attached hydrogen (secondary N) is 1. The van der Waals surface area contributed by atoms with Gasteiger partial charge in [-0.2, -0.15) is 4.31 Å². The van der Waals surface area contributed by atoms with E-state index in [0.717, 1.165) is 4.31 Å². The molecule has 0 unspecified atom stereocenters. The zero-order valence-corrected chi connectivity index (χ0v) is 18.6. The predicted octanol–water partition coefficient (Wildman–Crippen LogP) is 4.05. The molecule has 0 aliphatic rings. The third kappa shape index (κ3) is 5.76. The Morgan fingerprint density at radius 2 is 1.69 bits per heavy atom. The normalized spacial score (nSPS) is 11.4. The number of ether oxygens (including phenoxy) is 2. The van der Waals surface area contributed by atoms with Crippen molar-refractivity contribution >= 4 is 44.8 Å². The molecule has 29 heavy (non-hydrogen) atoms. The highest BCUT2D eigenvalue weighted by Gasteiger charge is 2.26. The largest absolute Gasteiger partial charge is 0.495 e. The number of carbonyl (C=O) groups is 1. The third-order valence-electron chi connectivity index (χ3n) is 3.99. The smallest absolute Gasteiger partial charge is 0.243 e. The summed E-state index contributed by atoms with van der Waals surface area (Å²) in [5.74, 6) is 0.146. The van der Waals surface area contributed by atoms with Crippen LogP contribution in [0.1, 0.15) is 13.3 Å². The van der Waals surface area contributed by atoms with Crippen LogP contribution in [0.4, 0.5) is 5.69 Å². The molecule has 2 aromatic rings. The zero-order valence-electron chi connectivity index (χ0n) is 16.2. The van der Waals surface area contributed by atoms with E-state index in [0.29, 0.717) is 33.7 Å². The minimum absolute atomic E-state index is 0.0638. The monoisotopic (exact) mass is 460 g/mol. The third-order valence-corrected chi connectivity index (χ3v) is 6.40. The fourth-order valence-corrected chi connectivity index (χ4v) is 4.44. The van der Waals surface area contributed by atoms with Gasteiger partial charge in [0.1, 0.15) is 11.5 Å². The Bertz CT molecular complexity index is 965. The highest BCUT2D eigenvalue weighted by Crippen LogP contribution is 2.35. The maximum absolute atomic E-state index is 12.9. The summed E-state index contributed by atoms with van der Waals surface area (Å²) in [7, 11) is -0.988. The van der Waals surface area contributed by atoms with Crippen LogP contribution in [0.5, 0.6) is 11.5 Å². The lowest BCUT2D eigenvalue weighted by Gasteiger charge is -2.21.